The molecule has 0 fully saturated rings. The second kappa shape index (κ2) is 7.60. The first-order valence-electron chi connectivity index (χ1n) is 6.64. The molecule has 110 valence electrons. The Kier molecular flexibility index (Phi) is 6.45. The number of halogens is 2. The fraction of sp³-hybridized carbons (Fsp3) is 0.714. The molecule has 0 aliphatic carbocycles. The standard InChI is InChI=1S/C14H24F2N2O/c1-10(2)6-17-7-13-5-12(11(3)19-13)8-18(4)9-14(15)16/h5,10,14,17H,6-9H2,1-4H3. The fourth-order valence-corrected chi connectivity index (χ4v) is 1.91. The van der Waals surface area contributed by atoms with Gasteiger partial charge in [-0.05, 0) is 32.5 Å². The summed E-state index contributed by atoms with van der Waals surface area (Å²) in [4.78, 5) is 1.61. The van der Waals surface area contributed by atoms with Crippen molar-refractivity contribution in [2.75, 3.05) is 20.1 Å². The van der Waals surface area contributed by atoms with Crippen LogP contribution in [0.3, 0.4) is 0 Å². The summed E-state index contributed by atoms with van der Waals surface area (Å²) < 4.78 is 30.1. The van der Waals surface area contributed by atoms with Gasteiger partial charge in [-0.3, -0.25) is 4.90 Å². The number of nitrogens with zero attached hydrogens (tertiary/aromatic N) is 1. The molecule has 3 nitrogen and oxygen atoms in total. The van der Waals surface area contributed by atoms with Crippen molar-refractivity contribution in [3.8, 4) is 0 Å². The highest BCUT2D eigenvalue weighted by atomic mass is 19.3. The van der Waals surface area contributed by atoms with Crippen molar-refractivity contribution in [3.63, 3.8) is 0 Å². The topological polar surface area (TPSA) is 28.4 Å². The summed E-state index contributed by atoms with van der Waals surface area (Å²) in [6.07, 6.45) is -2.30. The number of hydrogen-bond donors (Lipinski definition) is 1. The van der Waals surface area contributed by atoms with Gasteiger partial charge in [0.2, 0.25) is 0 Å². The van der Waals surface area contributed by atoms with Gasteiger partial charge >= 0.3 is 0 Å². The van der Waals surface area contributed by atoms with Crippen LogP contribution in [0.15, 0.2) is 10.5 Å². The molecule has 1 aromatic heterocycles. The van der Waals surface area contributed by atoms with Crippen molar-refractivity contribution in [3.05, 3.63) is 23.2 Å². The Morgan fingerprint density at radius 2 is 2.05 bits per heavy atom. The zero-order chi connectivity index (χ0) is 14.4. The molecule has 0 radical (unpaired) electrons. The van der Waals surface area contributed by atoms with Crippen LogP contribution in [0, 0.1) is 12.8 Å². The van der Waals surface area contributed by atoms with Crippen LogP contribution in [0.25, 0.3) is 0 Å². The second-order valence-corrected chi connectivity index (χ2v) is 5.41. The molecule has 1 aromatic rings. The number of nitrogens with one attached hydrogen (secondary N) is 1. The van der Waals surface area contributed by atoms with Crippen molar-refractivity contribution in [2.24, 2.45) is 5.92 Å². The third-order valence-electron chi connectivity index (χ3n) is 2.81. The molecule has 1 rings (SSSR count). The first kappa shape index (κ1) is 16.1. The average Bonchev–Trinajstić information content (AvgIpc) is 2.57. The maximum absolute atomic E-state index is 12.3. The normalized spacial score (nSPS) is 12.1. The molecule has 0 bridgehead atoms. The van der Waals surface area contributed by atoms with Crippen LogP contribution < -0.4 is 5.32 Å². The maximum Gasteiger partial charge on any atom is 0.251 e. The number of rotatable bonds is 8. The van der Waals surface area contributed by atoms with Crippen LogP contribution in [0.1, 0.15) is 30.9 Å². The van der Waals surface area contributed by atoms with Crippen LogP contribution in [-0.4, -0.2) is 31.5 Å². The lowest BCUT2D eigenvalue weighted by Gasteiger charge is -2.14. The molecule has 0 unspecified atom stereocenters. The SMILES string of the molecule is Cc1oc(CNCC(C)C)cc1CN(C)CC(F)F. The predicted molar refractivity (Wildman–Crippen MR) is 72.3 cm³/mol. The lowest BCUT2D eigenvalue weighted by molar-refractivity contribution is 0.0973. The molecule has 1 heterocycles. The van der Waals surface area contributed by atoms with Gasteiger partial charge in [0, 0.05) is 12.1 Å². The summed E-state index contributed by atoms with van der Waals surface area (Å²) in [7, 11) is 1.69. The van der Waals surface area contributed by atoms with Crippen molar-refractivity contribution in [2.45, 2.75) is 40.3 Å². The molecule has 5 heteroatoms. The van der Waals surface area contributed by atoms with E-state index in [9.17, 15) is 8.78 Å². The summed E-state index contributed by atoms with van der Waals surface area (Å²) >= 11 is 0. The zero-order valence-electron chi connectivity index (χ0n) is 12.2. The van der Waals surface area contributed by atoms with Crippen molar-refractivity contribution < 1.29 is 13.2 Å². The third kappa shape index (κ3) is 6.16. The molecule has 1 N–H and O–H groups in total. The van der Waals surface area contributed by atoms with Gasteiger partial charge in [0.05, 0.1) is 13.1 Å². The molecule has 0 aromatic carbocycles. The number of alkyl halides is 2. The smallest absolute Gasteiger partial charge is 0.251 e. The Morgan fingerprint density at radius 1 is 1.37 bits per heavy atom. The van der Waals surface area contributed by atoms with E-state index < -0.39 is 6.43 Å². The minimum atomic E-state index is -2.30. The van der Waals surface area contributed by atoms with Crippen molar-refractivity contribution >= 4 is 0 Å². The molecule has 0 saturated carbocycles. The van der Waals surface area contributed by atoms with E-state index in [1.165, 1.54) is 0 Å². The minimum absolute atomic E-state index is 0.217. The van der Waals surface area contributed by atoms with Gasteiger partial charge in [0.1, 0.15) is 11.5 Å². The molecule has 0 atom stereocenters. The number of hydrogen-bond acceptors (Lipinski definition) is 3. The molecule has 19 heavy (non-hydrogen) atoms. The quantitative estimate of drug-likeness (QED) is 0.790. The summed E-state index contributed by atoms with van der Waals surface area (Å²) in [6, 6.07) is 1.95. The summed E-state index contributed by atoms with van der Waals surface area (Å²) in [5.74, 6) is 2.26. The Balaban J connectivity index is 2.49. The van der Waals surface area contributed by atoms with E-state index in [0.717, 1.165) is 23.6 Å². The summed E-state index contributed by atoms with van der Waals surface area (Å²) in [5, 5.41) is 3.30. The first-order valence-corrected chi connectivity index (χ1v) is 6.64. The second-order valence-electron chi connectivity index (χ2n) is 5.41. The van der Waals surface area contributed by atoms with E-state index in [1.54, 1.807) is 11.9 Å². The van der Waals surface area contributed by atoms with E-state index in [2.05, 4.69) is 19.2 Å². The Hall–Kier alpha value is -0.940. The van der Waals surface area contributed by atoms with E-state index in [-0.39, 0.29) is 6.54 Å². The van der Waals surface area contributed by atoms with Gasteiger partial charge in [0.15, 0.2) is 0 Å². The van der Waals surface area contributed by atoms with E-state index >= 15 is 0 Å². The first-order chi connectivity index (χ1) is 8.88. The van der Waals surface area contributed by atoms with E-state index in [1.807, 2.05) is 13.0 Å². The monoisotopic (exact) mass is 274 g/mol. The van der Waals surface area contributed by atoms with Crippen LogP contribution >= 0.6 is 0 Å². The molecule has 0 aliphatic heterocycles. The Labute approximate surface area is 114 Å². The third-order valence-corrected chi connectivity index (χ3v) is 2.81. The van der Waals surface area contributed by atoms with E-state index in [0.29, 0.717) is 19.0 Å². The summed E-state index contributed by atoms with van der Waals surface area (Å²) in [6.45, 7) is 8.04. The number of furan rings is 1. The highest BCUT2D eigenvalue weighted by Gasteiger charge is 2.12. The zero-order valence-corrected chi connectivity index (χ0v) is 12.2. The van der Waals surface area contributed by atoms with Gasteiger partial charge in [-0.2, -0.15) is 0 Å². The molecular weight excluding hydrogens is 250 g/mol. The largest absolute Gasteiger partial charge is 0.465 e. The Morgan fingerprint density at radius 3 is 2.63 bits per heavy atom. The van der Waals surface area contributed by atoms with Gasteiger partial charge in [-0.25, -0.2) is 8.78 Å². The fourth-order valence-electron chi connectivity index (χ4n) is 1.91. The van der Waals surface area contributed by atoms with Crippen molar-refractivity contribution in [1.82, 2.24) is 10.2 Å². The molecule has 0 saturated heterocycles. The highest BCUT2D eigenvalue weighted by molar-refractivity contribution is 5.20. The predicted octanol–water partition coefficient (Wildman–Crippen LogP) is 3.03. The van der Waals surface area contributed by atoms with Gasteiger partial charge in [-0.1, -0.05) is 13.8 Å². The van der Waals surface area contributed by atoms with Crippen molar-refractivity contribution in [1.29, 1.82) is 0 Å². The van der Waals surface area contributed by atoms with Gasteiger partial charge in [-0.15, -0.1) is 0 Å². The number of aryl methyl sites for hydroxylation is 1. The molecule has 0 aliphatic rings. The Bertz CT molecular complexity index is 378. The molecule has 0 spiro atoms. The van der Waals surface area contributed by atoms with Crippen LogP contribution in [0.5, 0.6) is 0 Å². The van der Waals surface area contributed by atoms with E-state index in [4.69, 9.17) is 4.42 Å². The van der Waals surface area contributed by atoms with Gasteiger partial charge < -0.3 is 9.73 Å². The van der Waals surface area contributed by atoms with Gasteiger partial charge in [0.25, 0.3) is 6.43 Å². The lowest BCUT2D eigenvalue weighted by Crippen LogP contribution is -2.24. The average molecular weight is 274 g/mol. The van der Waals surface area contributed by atoms with Crippen LogP contribution in [-0.2, 0) is 13.1 Å². The lowest BCUT2D eigenvalue weighted by atomic mass is 10.2. The molecule has 0 amide bonds. The summed E-state index contributed by atoms with van der Waals surface area (Å²) in [5.41, 5.74) is 0.976. The maximum atomic E-state index is 12.3. The van der Waals surface area contributed by atoms with Crippen LogP contribution in [0.2, 0.25) is 0 Å². The molecular formula is C14H24F2N2O. The highest BCUT2D eigenvalue weighted by Crippen LogP contribution is 2.16. The minimum Gasteiger partial charge on any atom is -0.465 e. The van der Waals surface area contributed by atoms with Crippen LogP contribution in [0.4, 0.5) is 8.78 Å².